The lowest BCUT2D eigenvalue weighted by Gasteiger charge is -2.06. The molecule has 3 rings (SSSR count). The van der Waals surface area contributed by atoms with Gasteiger partial charge in [-0.15, -0.1) is 22.9 Å². The summed E-state index contributed by atoms with van der Waals surface area (Å²) in [6, 6.07) is 12.7. The van der Waals surface area contributed by atoms with Crippen molar-refractivity contribution in [3.8, 4) is 0 Å². The fourth-order valence-corrected chi connectivity index (χ4v) is 3.38. The van der Waals surface area contributed by atoms with Gasteiger partial charge in [-0.3, -0.25) is 0 Å². The molecular weight excluding hydrogens is 286 g/mol. The number of hydrogen-bond acceptors (Lipinski definition) is 1. The van der Waals surface area contributed by atoms with Crippen LogP contribution in [0.3, 0.4) is 0 Å². The molecule has 0 N–H and O–H groups in total. The summed E-state index contributed by atoms with van der Waals surface area (Å²) in [5.41, 5.74) is 0.829. The van der Waals surface area contributed by atoms with Crippen LogP contribution in [0.1, 0.15) is 15.8 Å². The highest BCUT2D eigenvalue weighted by molar-refractivity contribution is 7.19. The monoisotopic (exact) mass is 294 g/mol. The van der Waals surface area contributed by atoms with Crippen LogP contribution in [-0.4, -0.2) is 0 Å². The minimum absolute atomic E-state index is 0.256. The van der Waals surface area contributed by atoms with Gasteiger partial charge in [-0.05, 0) is 41.3 Å². The van der Waals surface area contributed by atoms with Crippen molar-refractivity contribution in [1.29, 1.82) is 0 Å². The van der Waals surface area contributed by atoms with Crippen molar-refractivity contribution >= 4 is 33.0 Å². The van der Waals surface area contributed by atoms with Gasteiger partial charge in [0.2, 0.25) is 0 Å². The van der Waals surface area contributed by atoms with Gasteiger partial charge in [0.25, 0.3) is 0 Å². The highest BCUT2D eigenvalue weighted by Crippen LogP contribution is 2.37. The van der Waals surface area contributed by atoms with E-state index in [1.54, 1.807) is 18.2 Å². The van der Waals surface area contributed by atoms with E-state index in [0.29, 0.717) is 0 Å². The van der Waals surface area contributed by atoms with Crippen LogP contribution < -0.4 is 0 Å². The van der Waals surface area contributed by atoms with Crippen molar-refractivity contribution in [3.05, 3.63) is 70.6 Å². The molecule has 0 fully saturated rings. The largest absolute Gasteiger partial charge is 0.207 e. The van der Waals surface area contributed by atoms with Gasteiger partial charge in [-0.25, -0.2) is 8.78 Å². The summed E-state index contributed by atoms with van der Waals surface area (Å²) in [7, 11) is 0. The topological polar surface area (TPSA) is 0 Å². The van der Waals surface area contributed by atoms with Crippen LogP contribution in [0.2, 0.25) is 0 Å². The fourth-order valence-electron chi connectivity index (χ4n) is 1.95. The molecule has 1 heterocycles. The zero-order valence-electron chi connectivity index (χ0n) is 9.74. The third-order valence-corrected chi connectivity index (χ3v) is 4.69. The van der Waals surface area contributed by atoms with Crippen LogP contribution in [0.4, 0.5) is 8.78 Å². The molecule has 3 aromatic rings. The Balaban J connectivity index is 2.01. The van der Waals surface area contributed by atoms with E-state index in [-0.39, 0.29) is 17.0 Å². The van der Waals surface area contributed by atoms with E-state index in [1.807, 2.05) is 6.07 Å². The number of rotatable bonds is 2. The second kappa shape index (κ2) is 4.91. The van der Waals surface area contributed by atoms with Gasteiger partial charge in [-0.1, -0.05) is 18.2 Å². The van der Waals surface area contributed by atoms with Crippen LogP contribution >= 0.6 is 22.9 Å². The minimum Gasteiger partial charge on any atom is -0.207 e. The molecule has 0 radical (unpaired) electrons. The van der Waals surface area contributed by atoms with Gasteiger partial charge in [0.1, 0.15) is 11.6 Å². The maximum Gasteiger partial charge on any atom is 0.124 e. The van der Waals surface area contributed by atoms with Gasteiger partial charge < -0.3 is 0 Å². The van der Waals surface area contributed by atoms with Crippen LogP contribution in [-0.2, 0) is 0 Å². The zero-order valence-corrected chi connectivity index (χ0v) is 11.3. The van der Waals surface area contributed by atoms with E-state index >= 15 is 0 Å². The van der Waals surface area contributed by atoms with Crippen LogP contribution in [0, 0.1) is 11.6 Å². The molecule has 96 valence electrons. The normalized spacial score (nSPS) is 12.8. The SMILES string of the molecule is Fc1ccc(C(Cl)c2cc3ccc(F)cc3s2)cc1. The summed E-state index contributed by atoms with van der Waals surface area (Å²) in [5.74, 6) is -0.542. The molecule has 0 amide bonds. The summed E-state index contributed by atoms with van der Waals surface area (Å²) in [5, 5.41) is 0.621. The molecule has 4 heteroatoms. The van der Waals surface area contributed by atoms with E-state index in [9.17, 15) is 8.78 Å². The molecule has 1 unspecified atom stereocenters. The first-order valence-corrected chi connectivity index (χ1v) is 6.97. The Morgan fingerprint density at radius 3 is 2.32 bits per heavy atom. The average molecular weight is 295 g/mol. The van der Waals surface area contributed by atoms with E-state index in [2.05, 4.69) is 0 Å². The lowest BCUT2D eigenvalue weighted by atomic mass is 10.1. The van der Waals surface area contributed by atoms with Gasteiger partial charge in [0.15, 0.2) is 0 Å². The predicted molar refractivity (Wildman–Crippen MR) is 75.9 cm³/mol. The standard InChI is InChI=1S/C15H9ClF2S/c16-15(9-1-4-11(17)5-2-9)14-7-10-3-6-12(18)8-13(10)19-14/h1-8,15H. The van der Waals surface area contributed by atoms with Gasteiger partial charge >= 0.3 is 0 Å². The quantitative estimate of drug-likeness (QED) is 0.547. The maximum atomic E-state index is 13.1. The Morgan fingerprint density at radius 2 is 1.58 bits per heavy atom. The molecular formula is C15H9ClF2S. The van der Waals surface area contributed by atoms with Crippen molar-refractivity contribution in [1.82, 2.24) is 0 Å². The lowest BCUT2D eigenvalue weighted by Crippen LogP contribution is -1.89. The Morgan fingerprint density at radius 1 is 0.895 bits per heavy atom. The molecule has 2 aromatic carbocycles. The number of fused-ring (bicyclic) bond motifs is 1. The van der Waals surface area contributed by atoms with Crippen molar-refractivity contribution in [2.24, 2.45) is 0 Å². The molecule has 0 saturated heterocycles. The van der Waals surface area contributed by atoms with Crippen molar-refractivity contribution in [3.63, 3.8) is 0 Å². The second-order valence-electron chi connectivity index (χ2n) is 4.25. The van der Waals surface area contributed by atoms with Crippen molar-refractivity contribution in [2.75, 3.05) is 0 Å². The van der Waals surface area contributed by atoms with E-state index in [0.717, 1.165) is 20.5 Å². The first-order chi connectivity index (χ1) is 9.13. The number of alkyl halides is 1. The number of thiophene rings is 1. The molecule has 1 atom stereocenters. The highest BCUT2D eigenvalue weighted by atomic mass is 35.5. The van der Waals surface area contributed by atoms with Gasteiger partial charge in [0.05, 0.1) is 5.38 Å². The first kappa shape index (κ1) is 12.6. The van der Waals surface area contributed by atoms with E-state index in [4.69, 9.17) is 11.6 Å². The summed E-state index contributed by atoms with van der Waals surface area (Å²) in [4.78, 5) is 0.925. The van der Waals surface area contributed by atoms with Crippen LogP contribution in [0.15, 0.2) is 48.5 Å². The van der Waals surface area contributed by atoms with E-state index < -0.39 is 0 Å². The average Bonchev–Trinajstić information content (AvgIpc) is 2.81. The first-order valence-electron chi connectivity index (χ1n) is 5.72. The molecule has 0 spiro atoms. The molecule has 0 nitrogen and oxygen atoms in total. The van der Waals surface area contributed by atoms with Gasteiger partial charge in [-0.2, -0.15) is 0 Å². The summed E-state index contributed by atoms with van der Waals surface area (Å²) >= 11 is 7.84. The smallest absolute Gasteiger partial charge is 0.124 e. The number of halogens is 3. The molecule has 0 bridgehead atoms. The Hall–Kier alpha value is -1.45. The van der Waals surface area contributed by atoms with Crippen LogP contribution in [0.5, 0.6) is 0 Å². The van der Waals surface area contributed by atoms with E-state index in [1.165, 1.54) is 35.6 Å². The van der Waals surface area contributed by atoms with Crippen molar-refractivity contribution in [2.45, 2.75) is 5.38 Å². The molecule has 0 aliphatic heterocycles. The molecule has 1 aromatic heterocycles. The molecule has 0 saturated carbocycles. The molecule has 0 aliphatic carbocycles. The molecule has 0 aliphatic rings. The van der Waals surface area contributed by atoms with Gasteiger partial charge in [0, 0.05) is 9.58 Å². The lowest BCUT2D eigenvalue weighted by molar-refractivity contribution is 0.627. The summed E-state index contributed by atoms with van der Waals surface area (Å²) < 4.78 is 26.9. The maximum absolute atomic E-state index is 13.1. The third-order valence-electron chi connectivity index (χ3n) is 2.91. The summed E-state index contributed by atoms with van der Waals surface area (Å²) in [6.07, 6.45) is 0. The predicted octanol–water partition coefficient (Wildman–Crippen LogP) is 5.51. The number of benzene rings is 2. The Labute approximate surface area is 118 Å². The van der Waals surface area contributed by atoms with Crippen molar-refractivity contribution < 1.29 is 8.78 Å². The fraction of sp³-hybridized carbons (Fsp3) is 0.0667. The highest BCUT2D eigenvalue weighted by Gasteiger charge is 2.14. The second-order valence-corrected chi connectivity index (χ2v) is 5.80. The minimum atomic E-state index is -0.346. The Bertz CT molecular complexity index is 719. The summed E-state index contributed by atoms with van der Waals surface area (Å²) in [6.45, 7) is 0. The van der Waals surface area contributed by atoms with Crippen LogP contribution in [0.25, 0.3) is 10.1 Å². The zero-order chi connectivity index (χ0) is 13.4. The third kappa shape index (κ3) is 2.48. The Kier molecular flexibility index (Phi) is 3.25. The number of hydrogen-bond donors (Lipinski definition) is 0. The molecule has 19 heavy (non-hydrogen) atoms.